The molecule has 29 heavy (non-hydrogen) atoms. The Morgan fingerprint density at radius 2 is 1.90 bits per heavy atom. The van der Waals surface area contributed by atoms with Crippen molar-refractivity contribution in [1.29, 1.82) is 0 Å². The van der Waals surface area contributed by atoms with Gasteiger partial charge < -0.3 is 4.74 Å². The summed E-state index contributed by atoms with van der Waals surface area (Å²) >= 11 is 12.9. The fourth-order valence-electron chi connectivity index (χ4n) is 4.67. The zero-order valence-electron chi connectivity index (χ0n) is 15.9. The first-order valence-corrected chi connectivity index (χ1v) is 10.8. The van der Waals surface area contributed by atoms with Crippen LogP contribution in [0.15, 0.2) is 42.6 Å². The highest BCUT2D eigenvalue weighted by Crippen LogP contribution is 2.44. The van der Waals surface area contributed by atoms with Crippen molar-refractivity contribution in [3.63, 3.8) is 0 Å². The summed E-state index contributed by atoms with van der Waals surface area (Å²) in [4.78, 5) is 6.88. The van der Waals surface area contributed by atoms with Gasteiger partial charge in [-0.15, -0.1) is 0 Å². The zero-order chi connectivity index (χ0) is 20.0. The number of benzene rings is 2. The van der Waals surface area contributed by atoms with Crippen LogP contribution in [0.3, 0.4) is 0 Å². The van der Waals surface area contributed by atoms with E-state index in [0.29, 0.717) is 26.7 Å². The molecule has 2 aliphatic rings. The van der Waals surface area contributed by atoms with Crippen LogP contribution in [0.1, 0.15) is 36.5 Å². The molecule has 3 nitrogen and oxygen atoms in total. The highest BCUT2D eigenvalue weighted by Gasteiger charge is 2.40. The van der Waals surface area contributed by atoms with Crippen molar-refractivity contribution in [1.82, 2.24) is 9.88 Å². The molecule has 2 heterocycles. The molecular weight excluding hydrogens is 410 g/mol. The Labute approximate surface area is 179 Å². The number of hydrogen-bond acceptors (Lipinski definition) is 3. The first kappa shape index (κ1) is 19.1. The number of fused-ring (bicyclic) bond motifs is 2. The molecule has 1 fully saturated rings. The van der Waals surface area contributed by atoms with Crippen molar-refractivity contribution in [2.45, 2.75) is 37.8 Å². The predicted molar refractivity (Wildman–Crippen MR) is 114 cm³/mol. The molecular formula is C23H21Cl2FN2O. The lowest BCUT2D eigenvalue weighted by atomic mass is 10.0. The molecule has 0 N–H and O–H groups in total. The lowest BCUT2D eigenvalue weighted by Gasteiger charge is -2.35. The van der Waals surface area contributed by atoms with Gasteiger partial charge in [0.05, 0.1) is 6.04 Å². The van der Waals surface area contributed by atoms with Crippen molar-refractivity contribution >= 4 is 34.1 Å². The second-order valence-electron chi connectivity index (χ2n) is 7.81. The number of nitrogens with zero attached hydrogens (tertiary/aromatic N) is 2. The van der Waals surface area contributed by atoms with Crippen LogP contribution in [0, 0.1) is 5.82 Å². The minimum absolute atomic E-state index is 0.171. The quantitative estimate of drug-likeness (QED) is 0.493. The standard InChI is InChI=1S/C23H21Cl2FN2O/c24-14-11-17-16(18(25)12-14)13-20(28-9-2-1-3-10-28)23(17)29-21-7-6-19(26)15-5-4-8-27-22(15)21/h4-8,11-12,20,23H,1-3,9-10,13H2/t20-,23-/m0/s1. The molecule has 5 rings (SSSR count). The van der Waals surface area contributed by atoms with Crippen LogP contribution in [0.2, 0.25) is 10.0 Å². The molecule has 6 heteroatoms. The fourth-order valence-corrected chi connectivity index (χ4v) is 5.26. The topological polar surface area (TPSA) is 25.4 Å². The molecule has 150 valence electrons. The van der Waals surface area contributed by atoms with Crippen LogP contribution >= 0.6 is 23.2 Å². The summed E-state index contributed by atoms with van der Waals surface area (Å²) in [7, 11) is 0. The monoisotopic (exact) mass is 430 g/mol. The van der Waals surface area contributed by atoms with Crippen LogP contribution in [0.5, 0.6) is 5.75 Å². The summed E-state index contributed by atoms with van der Waals surface area (Å²) in [6, 6.07) is 10.5. The van der Waals surface area contributed by atoms with Crippen LogP contribution in [0.25, 0.3) is 10.9 Å². The van der Waals surface area contributed by atoms with E-state index < -0.39 is 0 Å². The highest BCUT2D eigenvalue weighted by atomic mass is 35.5. The summed E-state index contributed by atoms with van der Waals surface area (Å²) in [6.07, 6.45) is 5.90. The van der Waals surface area contributed by atoms with Crippen LogP contribution in [0.4, 0.5) is 4.39 Å². The fraction of sp³-hybridized carbons (Fsp3) is 0.348. The normalized spacial score (nSPS) is 22.0. The summed E-state index contributed by atoms with van der Waals surface area (Å²) in [5.74, 6) is 0.281. The van der Waals surface area contributed by atoms with Crippen molar-refractivity contribution in [2.75, 3.05) is 13.1 Å². The second-order valence-corrected chi connectivity index (χ2v) is 8.65. The van der Waals surface area contributed by atoms with Gasteiger partial charge in [-0.2, -0.15) is 0 Å². The SMILES string of the molecule is Fc1ccc(O[C@H]2c3cc(Cl)cc(Cl)c3C[C@@H]2N2CCCCC2)c2ncccc12. The third-order valence-electron chi connectivity index (χ3n) is 6.06. The van der Waals surface area contributed by atoms with E-state index in [4.69, 9.17) is 27.9 Å². The molecule has 0 spiro atoms. The molecule has 0 unspecified atom stereocenters. The van der Waals surface area contributed by atoms with Gasteiger partial charge in [-0.25, -0.2) is 4.39 Å². The van der Waals surface area contributed by atoms with E-state index in [9.17, 15) is 4.39 Å². The van der Waals surface area contributed by atoms with Crippen molar-refractivity contribution < 1.29 is 9.13 Å². The molecule has 0 amide bonds. The maximum atomic E-state index is 14.3. The first-order valence-electron chi connectivity index (χ1n) is 10.0. The first-order chi connectivity index (χ1) is 14.1. The van der Waals surface area contributed by atoms with Crippen molar-refractivity contribution in [3.05, 3.63) is 69.6 Å². The smallest absolute Gasteiger partial charge is 0.146 e. The van der Waals surface area contributed by atoms with E-state index in [2.05, 4.69) is 9.88 Å². The number of likely N-dealkylation sites (tertiary alicyclic amines) is 1. The van der Waals surface area contributed by atoms with Gasteiger partial charge in [-0.1, -0.05) is 29.6 Å². The second kappa shape index (κ2) is 7.75. The van der Waals surface area contributed by atoms with E-state index in [1.807, 2.05) is 6.07 Å². The predicted octanol–water partition coefficient (Wildman–Crippen LogP) is 6.21. The summed E-state index contributed by atoms with van der Waals surface area (Å²) < 4.78 is 20.8. The summed E-state index contributed by atoms with van der Waals surface area (Å²) in [6.45, 7) is 2.10. The lowest BCUT2D eigenvalue weighted by Crippen LogP contribution is -2.43. The minimum atomic E-state index is -0.300. The Morgan fingerprint density at radius 3 is 2.72 bits per heavy atom. The van der Waals surface area contributed by atoms with Crippen LogP contribution < -0.4 is 4.74 Å². The average molecular weight is 431 g/mol. The molecule has 1 aromatic heterocycles. The van der Waals surface area contributed by atoms with Crippen LogP contribution in [-0.4, -0.2) is 29.0 Å². The number of aromatic nitrogens is 1. The Bertz CT molecular complexity index is 1070. The van der Waals surface area contributed by atoms with Gasteiger partial charge in [0.25, 0.3) is 0 Å². The number of rotatable bonds is 3. The van der Waals surface area contributed by atoms with Gasteiger partial charge in [-0.05, 0) is 74.3 Å². The zero-order valence-corrected chi connectivity index (χ0v) is 17.4. The lowest BCUT2D eigenvalue weighted by molar-refractivity contribution is 0.0655. The third-order valence-corrected chi connectivity index (χ3v) is 6.61. The van der Waals surface area contributed by atoms with Gasteiger partial charge in [0.1, 0.15) is 23.2 Å². The minimum Gasteiger partial charge on any atom is -0.482 e. The van der Waals surface area contributed by atoms with Gasteiger partial charge in [0.15, 0.2) is 0 Å². The molecule has 2 aromatic carbocycles. The molecule has 0 bridgehead atoms. The number of hydrogen-bond donors (Lipinski definition) is 0. The van der Waals surface area contributed by atoms with E-state index >= 15 is 0 Å². The molecule has 1 saturated heterocycles. The Morgan fingerprint density at radius 1 is 1.07 bits per heavy atom. The number of ether oxygens (including phenoxy) is 1. The molecule has 1 aliphatic carbocycles. The molecule has 3 aromatic rings. The maximum absolute atomic E-state index is 14.3. The maximum Gasteiger partial charge on any atom is 0.146 e. The van der Waals surface area contributed by atoms with E-state index in [1.165, 1.54) is 25.3 Å². The molecule has 2 atom stereocenters. The van der Waals surface area contributed by atoms with Gasteiger partial charge in [-0.3, -0.25) is 9.88 Å². The third kappa shape index (κ3) is 3.48. The Hall–Kier alpha value is -1.88. The van der Waals surface area contributed by atoms with Gasteiger partial charge in [0.2, 0.25) is 0 Å². The molecule has 0 radical (unpaired) electrons. The number of piperidine rings is 1. The van der Waals surface area contributed by atoms with E-state index in [-0.39, 0.29) is 18.0 Å². The molecule has 1 aliphatic heterocycles. The van der Waals surface area contributed by atoms with Gasteiger partial charge in [0, 0.05) is 27.2 Å². The highest BCUT2D eigenvalue weighted by molar-refractivity contribution is 6.35. The van der Waals surface area contributed by atoms with E-state index in [1.54, 1.807) is 30.5 Å². The van der Waals surface area contributed by atoms with Crippen LogP contribution in [-0.2, 0) is 6.42 Å². The Kier molecular flexibility index (Phi) is 5.10. The summed E-state index contributed by atoms with van der Waals surface area (Å²) in [5, 5.41) is 1.74. The Balaban J connectivity index is 1.58. The number of pyridine rings is 1. The number of halogens is 3. The van der Waals surface area contributed by atoms with Crippen molar-refractivity contribution in [2.24, 2.45) is 0 Å². The van der Waals surface area contributed by atoms with Gasteiger partial charge >= 0.3 is 0 Å². The largest absolute Gasteiger partial charge is 0.482 e. The van der Waals surface area contributed by atoms with Crippen molar-refractivity contribution in [3.8, 4) is 5.75 Å². The average Bonchev–Trinajstić information content (AvgIpc) is 3.09. The summed E-state index contributed by atoms with van der Waals surface area (Å²) in [5.41, 5.74) is 2.65. The van der Waals surface area contributed by atoms with E-state index in [0.717, 1.165) is 30.6 Å². The molecule has 0 saturated carbocycles.